The average Bonchev–Trinajstić information content (AvgIpc) is 2.86. The van der Waals surface area contributed by atoms with Gasteiger partial charge in [0.15, 0.2) is 11.8 Å². The highest BCUT2D eigenvalue weighted by molar-refractivity contribution is 5.94. The number of aliphatic carboxylic acids is 1. The molecule has 0 bridgehead atoms. The lowest BCUT2D eigenvalue weighted by atomic mass is 10.2. The predicted molar refractivity (Wildman–Crippen MR) is 61.4 cm³/mol. The van der Waals surface area contributed by atoms with Gasteiger partial charge in [0.2, 0.25) is 0 Å². The van der Waals surface area contributed by atoms with Crippen LogP contribution in [0.2, 0.25) is 0 Å². The van der Waals surface area contributed by atoms with Crippen LogP contribution in [0.4, 0.5) is 0 Å². The van der Waals surface area contributed by atoms with Crippen LogP contribution in [-0.2, 0) is 16.0 Å². The van der Waals surface area contributed by atoms with Crippen molar-refractivity contribution < 1.29 is 23.8 Å². The minimum atomic E-state index is -1.06. The number of carbonyl (C=O) groups excluding carboxylic acids is 1. The molecule has 0 unspecified atom stereocenters. The normalized spacial score (nSPS) is 19.8. The molecule has 0 spiro atoms. The van der Waals surface area contributed by atoms with Crippen LogP contribution in [0.25, 0.3) is 0 Å². The molecular weight excluding hydrogens is 238 g/mol. The van der Waals surface area contributed by atoms with Crippen molar-refractivity contribution in [3.63, 3.8) is 0 Å². The van der Waals surface area contributed by atoms with Crippen LogP contribution in [0.3, 0.4) is 0 Å². The maximum atomic E-state index is 12.2. The fourth-order valence-electron chi connectivity index (χ4n) is 1.88. The highest BCUT2D eigenvalue weighted by atomic mass is 16.5. The van der Waals surface area contributed by atoms with Gasteiger partial charge in [-0.2, -0.15) is 0 Å². The molecule has 6 nitrogen and oxygen atoms in total. The zero-order valence-corrected chi connectivity index (χ0v) is 10.1. The van der Waals surface area contributed by atoms with E-state index >= 15 is 0 Å². The number of amides is 1. The molecular formula is C12H15NO5. The zero-order valence-electron chi connectivity index (χ0n) is 10.1. The van der Waals surface area contributed by atoms with Gasteiger partial charge < -0.3 is 19.2 Å². The number of carboxylic acids is 1. The number of hydrogen-bond donors (Lipinski definition) is 1. The maximum absolute atomic E-state index is 12.2. The Morgan fingerprint density at radius 2 is 2.28 bits per heavy atom. The molecule has 2 heterocycles. The van der Waals surface area contributed by atoms with Gasteiger partial charge in [-0.1, -0.05) is 6.92 Å². The zero-order chi connectivity index (χ0) is 13.1. The molecule has 1 N–H and O–H groups in total. The van der Waals surface area contributed by atoms with Crippen molar-refractivity contribution in [1.82, 2.24) is 4.90 Å². The summed E-state index contributed by atoms with van der Waals surface area (Å²) in [6, 6.07) is 2.36. The lowest BCUT2D eigenvalue weighted by Crippen LogP contribution is -2.52. The number of rotatable bonds is 3. The van der Waals surface area contributed by atoms with E-state index in [0.29, 0.717) is 18.8 Å². The smallest absolute Gasteiger partial charge is 0.328 e. The number of carboxylic acid groups (broad SMARTS) is 1. The fraction of sp³-hybridized carbons (Fsp3) is 0.500. The summed E-state index contributed by atoms with van der Waals surface area (Å²) in [6.45, 7) is 2.54. The number of ether oxygens (including phenoxy) is 1. The Hall–Kier alpha value is -1.82. The van der Waals surface area contributed by atoms with Crippen LogP contribution < -0.4 is 0 Å². The van der Waals surface area contributed by atoms with Crippen molar-refractivity contribution in [3.8, 4) is 0 Å². The van der Waals surface area contributed by atoms with Gasteiger partial charge in [0, 0.05) is 13.0 Å². The van der Waals surface area contributed by atoms with Crippen LogP contribution in [-0.4, -0.2) is 47.7 Å². The Morgan fingerprint density at radius 1 is 1.50 bits per heavy atom. The van der Waals surface area contributed by atoms with E-state index in [1.165, 1.54) is 4.90 Å². The molecule has 2 rings (SSSR count). The number of furan rings is 1. The lowest BCUT2D eigenvalue weighted by molar-refractivity contribution is -0.147. The molecule has 0 aromatic carbocycles. The van der Waals surface area contributed by atoms with Crippen LogP contribution in [0, 0.1) is 0 Å². The summed E-state index contributed by atoms with van der Waals surface area (Å²) in [5.41, 5.74) is 0. The topological polar surface area (TPSA) is 80.0 Å². The molecule has 1 atom stereocenters. The molecule has 6 heteroatoms. The van der Waals surface area contributed by atoms with Crippen LogP contribution in [0.15, 0.2) is 16.5 Å². The Kier molecular flexibility index (Phi) is 3.66. The first-order chi connectivity index (χ1) is 8.63. The number of hydrogen-bond acceptors (Lipinski definition) is 4. The third kappa shape index (κ3) is 2.38. The molecule has 1 saturated heterocycles. The minimum Gasteiger partial charge on any atom is -0.480 e. The molecule has 1 aromatic heterocycles. The van der Waals surface area contributed by atoms with Gasteiger partial charge in [-0.3, -0.25) is 4.79 Å². The standard InChI is InChI=1S/C12H15NO5/c1-2-8-3-4-10(18-8)11(14)13-5-6-17-7-9(13)12(15)16/h3-4,9H,2,5-7H2,1H3,(H,15,16)/t9-/m0/s1. The molecule has 1 aliphatic heterocycles. The largest absolute Gasteiger partial charge is 0.480 e. The first-order valence-electron chi connectivity index (χ1n) is 5.83. The number of aryl methyl sites for hydroxylation is 1. The molecule has 1 aliphatic rings. The van der Waals surface area contributed by atoms with Crippen molar-refractivity contribution in [2.75, 3.05) is 19.8 Å². The summed E-state index contributed by atoms with van der Waals surface area (Å²) in [5, 5.41) is 9.05. The second kappa shape index (κ2) is 5.22. The molecule has 0 saturated carbocycles. The third-order valence-electron chi connectivity index (χ3n) is 2.90. The second-order valence-electron chi connectivity index (χ2n) is 4.05. The molecule has 1 fully saturated rings. The van der Waals surface area contributed by atoms with E-state index in [1.807, 2.05) is 6.92 Å². The number of morpholine rings is 1. The lowest BCUT2D eigenvalue weighted by Gasteiger charge is -2.32. The van der Waals surface area contributed by atoms with Crippen LogP contribution in [0.5, 0.6) is 0 Å². The fourth-order valence-corrected chi connectivity index (χ4v) is 1.88. The highest BCUT2D eigenvalue weighted by Crippen LogP contribution is 2.15. The van der Waals surface area contributed by atoms with Gasteiger partial charge in [0.05, 0.1) is 13.2 Å². The molecule has 1 amide bonds. The SMILES string of the molecule is CCc1ccc(C(=O)N2CCOC[C@H]2C(=O)O)o1. The summed E-state index contributed by atoms with van der Waals surface area (Å²) >= 11 is 0. The van der Waals surface area contributed by atoms with E-state index in [1.54, 1.807) is 12.1 Å². The van der Waals surface area contributed by atoms with Crippen molar-refractivity contribution in [2.24, 2.45) is 0 Å². The van der Waals surface area contributed by atoms with Gasteiger partial charge in [-0.15, -0.1) is 0 Å². The number of carbonyl (C=O) groups is 2. The van der Waals surface area contributed by atoms with Crippen LogP contribution >= 0.6 is 0 Å². The van der Waals surface area contributed by atoms with Crippen molar-refractivity contribution in [2.45, 2.75) is 19.4 Å². The van der Waals surface area contributed by atoms with Gasteiger partial charge in [0.1, 0.15) is 5.76 Å². The van der Waals surface area contributed by atoms with E-state index in [4.69, 9.17) is 14.3 Å². The van der Waals surface area contributed by atoms with E-state index < -0.39 is 17.9 Å². The Balaban J connectivity index is 2.17. The monoisotopic (exact) mass is 253 g/mol. The van der Waals surface area contributed by atoms with Crippen molar-refractivity contribution in [1.29, 1.82) is 0 Å². The summed E-state index contributed by atoms with van der Waals surface area (Å²) in [4.78, 5) is 24.5. The van der Waals surface area contributed by atoms with Crippen molar-refractivity contribution >= 4 is 11.9 Å². The van der Waals surface area contributed by atoms with Gasteiger partial charge in [0.25, 0.3) is 5.91 Å². The van der Waals surface area contributed by atoms with Gasteiger partial charge in [-0.05, 0) is 12.1 Å². The van der Waals surface area contributed by atoms with E-state index in [9.17, 15) is 9.59 Å². The van der Waals surface area contributed by atoms with E-state index in [0.717, 1.165) is 0 Å². The quantitative estimate of drug-likeness (QED) is 0.860. The number of nitrogens with zero attached hydrogens (tertiary/aromatic N) is 1. The van der Waals surface area contributed by atoms with E-state index in [2.05, 4.69) is 0 Å². The molecule has 1 aromatic rings. The summed E-state index contributed by atoms with van der Waals surface area (Å²) in [6.07, 6.45) is 0.693. The van der Waals surface area contributed by atoms with Crippen molar-refractivity contribution in [3.05, 3.63) is 23.7 Å². The third-order valence-corrected chi connectivity index (χ3v) is 2.90. The second-order valence-corrected chi connectivity index (χ2v) is 4.05. The molecule has 18 heavy (non-hydrogen) atoms. The van der Waals surface area contributed by atoms with Gasteiger partial charge in [-0.25, -0.2) is 4.79 Å². The average molecular weight is 253 g/mol. The molecule has 0 radical (unpaired) electrons. The summed E-state index contributed by atoms with van der Waals surface area (Å²) in [7, 11) is 0. The summed E-state index contributed by atoms with van der Waals surface area (Å²) in [5.74, 6) is -0.575. The first kappa shape index (κ1) is 12.6. The Bertz CT molecular complexity index is 453. The molecule has 0 aliphatic carbocycles. The molecule has 98 valence electrons. The predicted octanol–water partition coefficient (Wildman–Crippen LogP) is 0.768. The Labute approximate surface area is 104 Å². The minimum absolute atomic E-state index is 0.0163. The maximum Gasteiger partial charge on any atom is 0.328 e. The Morgan fingerprint density at radius 3 is 2.89 bits per heavy atom. The van der Waals surface area contributed by atoms with Gasteiger partial charge >= 0.3 is 5.97 Å². The first-order valence-corrected chi connectivity index (χ1v) is 5.83. The highest BCUT2D eigenvalue weighted by Gasteiger charge is 2.34. The van der Waals surface area contributed by atoms with E-state index in [-0.39, 0.29) is 18.9 Å². The van der Waals surface area contributed by atoms with Crippen LogP contribution in [0.1, 0.15) is 23.2 Å². The summed E-state index contributed by atoms with van der Waals surface area (Å²) < 4.78 is 10.4.